The van der Waals surface area contributed by atoms with Crippen LogP contribution in [0.25, 0.3) is 0 Å². The van der Waals surface area contributed by atoms with E-state index < -0.39 is 41.8 Å². The Morgan fingerprint density at radius 3 is 2.41 bits per heavy atom. The molecule has 212 valence electrons. The number of unbranched alkanes of at least 4 members (excludes halogenated alkanes) is 1. The molecule has 3 rings (SSSR count). The zero-order valence-electron chi connectivity index (χ0n) is 21.9. The number of alkyl halides is 3. The number of halogens is 3. The molecule has 1 heterocycles. The maximum Gasteiger partial charge on any atom is 0.418 e. The standard InChI is InChI=1S/C27H34F3N5O3S/c1-3-4-13-35-14-12-21(34-25(37)17-8-10-18(39-2)11-9-17)22(16-35)33-23(36)15-32-26(38)19-6-5-7-20(24(19)31)27(28,29)30/h5-11,21-22H,3-4,12-16,31H2,1-2H3,(H,32,38)(H,33,36)(H,34,37)/t21-,22+/m0/s1. The Labute approximate surface area is 230 Å². The Kier molecular flexibility index (Phi) is 10.6. The summed E-state index contributed by atoms with van der Waals surface area (Å²) in [6.45, 7) is 3.75. The van der Waals surface area contributed by atoms with Gasteiger partial charge >= 0.3 is 6.18 Å². The first kappa shape index (κ1) is 30.3. The number of carbonyl (C=O) groups is 3. The van der Waals surface area contributed by atoms with E-state index in [4.69, 9.17) is 5.73 Å². The molecule has 0 saturated carbocycles. The van der Waals surface area contributed by atoms with Crippen LogP contribution in [-0.2, 0) is 11.0 Å². The van der Waals surface area contributed by atoms with Crippen LogP contribution >= 0.6 is 11.8 Å². The van der Waals surface area contributed by atoms with Crippen molar-refractivity contribution in [1.82, 2.24) is 20.9 Å². The van der Waals surface area contributed by atoms with Crippen LogP contribution in [-0.4, -0.2) is 67.1 Å². The molecule has 39 heavy (non-hydrogen) atoms. The second-order valence-corrected chi connectivity index (χ2v) is 10.3. The quantitative estimate of drug-likeness (QED) is 0.259. The highest BCUT2D eigenvalue weighted by molar-refractivity contribution is 7.98. The zero-order valence-corrected chi connectivity index (χ0v) is 22.8. The fourth-order valence-electron chi connectivity index (χ4n) is 4.44. The number of likely N-dealkylation sites (tertiary alicyclic amines) is 1. The topological polar surface area (TPSA) is 117 Å². The summed E-state index contributed by atoms with van der Waals surface area (Å²) in [5, 5.41) is 8.25. The second kappa shape index (κ2) is 13.7. The van der Waals surface area contributed by atoms with Crippen LogP contribution in [0.1, 0.15) is 52.5 Å². The van der Waals surface area contributed by atoms with E-state index in [-0.39, 0.29) is 17.5 Å². The fourth-order valence-corrected chi connectivity index (χ4v) is 4.85. The van der Waals surface area contributed by atoms with Crippen molar-refractivity contribution in [2.45, 2.75) is 49.3 Å². The van der Waals surface area contributed by atoms with Gasteiger partial charge in [0.2, 0.25) is 5.91 Å². The van der Waals surface area contributed by atoms with Gasteiger partial charge in [0.1, 0.15) is 0 Å². The highest BCUT2D eigenvalue weighted by Crippen LogP contribution is 2.34. The Bertz CT molecular complexity index is 1160. The van der Waals surface area contributed by atoms with E-state index >= 15 is 0 Å². The summed E-state index contributed by atoms with van der Waals surface area (Å²) in [6, 6.07) is 9.52. The number of hydrogen-bond donors (Lipinski definition) is 4. The zero-order chi connectivity index (χ0) is 28.6. The smallest absolute Gasteiger partial charge is 0.398 e. The molecule has 8 nitrogen and oxygen atoms in total. The number of nitrogen functional groups attached to an aromatic ring is 1. The molecule has 3 amide bonds. The molecule has 0 spiro atoms. The van der Waals surface area contributed by atoms with Gasteiger partial charge in [0.25, 0.3) is 11.8 Å². The fraction of sp³-hybridized carbons (Fsp3) is 0.444. The minimum absolute atomic E-state index is 0.248. The van der Waals surface area contributed by atoms with Gasteiger partial charge < -0.3 is 26.6 Å². The Morgan fingerprint density at radius 1 is 1.05 bits per heavy atom. The van der Waals surface area contributed by atoms with E-state index in [1.165, 1.54) is 6.07 Å². The summed E-state index contributed by atoms with van der Waals surface area (Å²) in [5.41, 5.74) is 3.92. The third-order valence-corrected chi connectivity index (χ3v) is 7.35. The SMILES string of the molecule is CCCCN1CC[C@H](NC(=O)c2ccc(SC)cc2)[C@H](NC(=O)CNC(=O)c2cccc(C(F)(F)F)c2N)C1. The maximum atomic E-state index is 13.1. The van der Waals surface area contributed by atoms with E-state index in [2.05, 4.69) is 27.8 Å². The van der Waals surface area contributed by atoms with Crippen molar-refractivity contribution < 1.29 is 27.6 Å². The molecule has 0 aliphatic carbocycles. The van der Waals surface area contributed by atoms with Crippen molar-refractivity contribution in [2.24, 2.45) is 0 Å². The molecule has 5 N–H and O–H groups in total. The van der Waals surface area contributed by atoms with Crippen LogP contribution in [0.15, 0.2) is 47.4 Å². The number of nitrogens with one attached hydrogen (secondary N) is 3. The monoisotopic (exact) mass is 565 g/mol. The number of hydrogen-bond acceptors (Lipinski definition) is 6. The van der Waals surface area contributed by atoms with Gasteiger partial charge in [-0.05, 0) is 62.0 Å². The lowest BCUT2D eigenvalue weighted by Crippen LogP contribution is -2.61. The van der Waals surface area contributed by atoms with E-state index in [1.54, 1.807) is 23.9 Å². The van der Waals surface area contributed by atoms with Gasteiger partial charge in [0.15, 0.2) is 0 Å². The highest BCUT2D eigenvalue weighted by atomic mass is 32.2. The second-order valence-electron chi connectivity index (χ2n) is 9.37. The lowest BCUT2D eigenvalue weighted by molar-refractivity contribution is -0.137. The van der Waals surface area contributed by atoms with Crippen LogP contribution in [0.5, 0.6) is 0 Å². The van der Waals surface area contributed by atoms with Crippen LogP contribution in [0.3, 0.4) is 0 Å². The third kappa shape index (κ3) is 8.37. The van der Waals surface area contributed by atoms with Crippen molar-refractivity contribution in [2.75, 3.05) is 38.2 Å². The van der Waals surface area contributed by atoms with Gasteiger partial charge in [-0.15, -0.1) is 11.8 Å². The number of thioether (sulfide) groups is 1. The molecular weight excluding hydrogens is 531 g/mol. The first-order chi connectivity index (χ1) is 18.5. The van der Waals surface area contributed by atoms with E-state index in [1.807, 2.05) is 18.4 Å². The van der Waals surface area contributed by atoms with Crippen molar-refractivity contribution in [3.05, 3.63) is 59.2 Å². The molecule has 0 aromatic heterocycles. The number of nitrogens with two attached hydrogens (primary N) is 1. The summed E-state index contributed by atoms with van der Waals surface area (Å²) < 4.78 is 39.4. The number of amides is 3. The Balaban J connectivity index is 1.64. The largest absolute Gasteiger partial charge is 0.418 e. The average Bonchev–Trinajstić information content (AvgIpc) is 2.91. The molecule has 0 unspecified atom stereocenters. The summed E-state index contributed by atoms with van der Waals surface area (Å²) in [5.74, 6) is -1.66. The van der Waals surface area contributed by atoms with Gasteiger partial charge in [-0.25, -0.2) is 0 Å². The number of rotatable bonds is 10. The Hall–Kier alpha value is -3.25. The normalized spacial score (nSPS) is 17.9. The molecule has 12 heteroatoms. The van der Waals surface area contributed by atoms with E-state index in [0.29, 0.717) is 18.5 Å². The predicted molar refractivity (Wildman–Crippen MR) is 146 cm³/mol. The van der Waals surface area contributed by atoms with E-state index in [0.717, 1.165) is 43.0 Å². The molecule has 2 atom stereocenters. The highest BCUT2D eigenvalue weighted by Gasteiger charge is 2.35. The van der Waals surface area contributed by atoms with Crippen molar-refractivity contribution in [3.63, 3.8) is 0 Å². The molecule has 2 aromatic carbocycles. The molecule has 2 aromatic rings. The number of anilines is 1. The van der Waals surface area contributed by atoms with Gasteiger partial charge in [0, 0.05) is 23.5 Å². The van der Waals surface area contributed by atoms with Crippen LogP contribution < -0.4 is 21.7 Å². The molecule has 0 bridgehead atoms. The van der Waals surface area contributed by atoms with Crippen molar-refractivity contribution >= 4 is 35.2 Å². The first-order valence-electron chi connectivity index (χ1n) is 12.7. The van der Waals surface area contributed by atoms with Crippen molar-refractivity contribution in [3.8, 4) is 0 Å². The molecule has 0 radical (unpaired) electrons. The molecule has 1 aliphatic heterocycles. The molecule has 1 fully saturated rings. The third-order valence-electron chi connectivity index (χ3n) is 6.61. The summed E-state index contributed by atoms with van der Waals surface area (Å²) in [7, 11) is 0. The number of para-hydroxylation sites is 1. The van der Waals surface area contributed by atoms with Gasteiger partial charge in [-0.2, -0.15) is 13.2 Å². The number of nitrogens with zero attached hydrogens (tertiary/aromatic N) is 1. The van der Waals surface area contributed by atoms with Gasteiger partial charge in [-0.3, -0.25) is 14.4 Å². The maximum absolute atomic E-state index is 13.1. The van der Waals surface area contributed by atoms with Crippen molar-refractivity contribution in [1.29, 1.82) is 0 Å². The first-order valence-corrected chi connectivity index (χ1v) is 14.0. The summed E-state index contributed by atoms with van der Waals surface area (Å²) in [4.78, 5) is 41.5. The lowest BCUT2D eigenvalue weighted by Gasteiger charge is -2.39. The predicted octanol–water partition coefficient (Wildman–Crippen LogP) is 3.53. The van der Waals surface area contributed by atoms with Crippen LogP contribution in [0.4, 0.5) is 18.9 Å². The van der Waals surface area contributed by atoms with Gasteiger partial charge in [0.05, 0.1) is 35.4 Å². The minimum atomic E-state index is -4.71. The number of carbonyl (C=O) groups excluding carboxylic acids is 3. The van der Waals surface area contributed by atoms with Crippen LogP contribution in [0, 0.1) is 0 Å². The molecular formula is C27H34F3N5O3S. The molecule has 1 aliphatic rings. The van der Waals surface area contributed by atoms with Gasteiger partial charge in [-0.1, -0.05) is 19.4 Å². The number of piperidine rings is 1. The van der Waals surface area contributed by atoms with Crippen LogP contribution in [0.2, 0.25) is 0 Å². The lowest BCUT2D eigenvalue weighted by atomic mass is 9.98. The minimum Gasteiger partial charge on any atom is -0.398 e. The Morgan fingerprint density at radius 2 is 1.77 bits per heavy atom. The summed E-state index contributed by atoms with van der Waals surface area (Å²) in [6.07, 6.45) is -0.126. The average molecular weight is 566 g/mol. The summed E-state index contributed by atoms with van der Waals surface area (Å²) >= 11 is 1.57. The van der Waals surface area contributed by atoms with E-state index in [9.17, 15) is 27.6 Å². The number of benzene rings is 2. The molecule has 1 saturated heterocycles.